The van der Waals surface area contributed by atoms with Gasteiger partial charge in [-0.25, -0.2) is 0 Å². The molecular formula is C17H26N2O2S2. The Kier molecular flexibility index (Phi) is 6.14. The molecule has 1 aliphatic heterocycles. The van der Waals surface area contributed by atoms with Gasteiger partial charge >= 0.3 is 0 Å². The molecule has 0 spiro atoms. The normalized spacial score (nSPS) is 21.3. The van der Waals surface area contributed by atoms with Crippen LogP contribution in [0.2, 0.25) is 0 Å². The van der Waals surface area contributed by atoms with Crippen LogP contribution in [0, 0.1) is 12.8 Å². The minimum atomic E-state index is -0.0156. The number of aryl methyl sites for hydroxylation is 1. The molecule has 0 radical (unpaired) electrons. The van der Waals surface area contributed by atoms with Crippen molar-refractivity contribution in [2.75, 3.05) is 20.1 Å². The maximum absolute atomic E-state index is 12.5. The number of thiophene rings is 1. The monoisotopic (exact) mass is 354 g/mol. The maximum atomic E-state index is 12.5. The standard InChI is InChI=1S/C17H26N2O2S2/c1-11(2)10-14(20)18(5)7-8-19-16(21)13(4)23-17(19)15-12(3)6-9-22-15/h6,9,11,13,17H,7-8,10H2,1-5H3/t13-,17+/m0/s1. The first-order valence-electron chi connectivity index (χ1n) is 8.05. The highest BCUT2D eigenvalue weighted by atomic mass is 32.2. The minimum absolute atomic E-state index is 0.0156. The lowest BCUT2D eigenvalue weighted by Gasteiger charge is -2.27. The Balaban J connectivity index is 2.03. The fraction of sp³-hybridized carbons (Fsp3) is 0.647. The summed E-state index contributed by atoms with van der Waals surface area (Å²) in [4.78, 5) is 29.5. The zero-order chi connectivity index (χ0) is 17.1. The summed E-state index contributed by atoms with van der Waals surface area (Å²) in [5, 5.41) is 2.15. The predicted octanol–water partition coefficient (Wildman–Crippen LogP) is 3.52. The van der Waals surface area contributed by atoms with Gasteiger partial charge in [-0.1, -0.05) is 13.8 Å². The van der Waals surface area contributed by atoms with E-state index in [4.69, 9.17) is 0 Å². The van der Waals surface area contributed by atoms with Gasteiger partial charge in [0.2, 0.25) is 11.8 Å². The van der Waals surface area contributed by atoms with Gasteiger partial charge < -0.3 is 9.80 Å². The number of carbonyl (C=O) groups is 2. The predicted molar refractivity (Wildman–Crippen MR) is 97.7 cm³/mol. The molecule has 2 heterocycles. The highest BCUT2D eigenvalue weighted by Gasteiger charge is 2.39. The van der Waals surface area contributed by atoms with Crippen molar-refractivity contribution in [3.63, 3.8) is 0 Å². The molecule has 1 aliphatic rings. The first-order valence-corrected chi connectivity index (χ1v) is 9.87. The Hall–Kier alpha value is -1.01. The molecule has 0 N–H and O–H groups in total. The van der Waals surface area contributed by atoms with Crippen LogP contribution < -0.4 is 0 Å². The van der Waals surface area contributed by atoms with Crippen molar-refractivity contribution in [3.05, 3.63) is 21.9 Å². The van der Waals surface area contributed by atoms with Crippen LogP contribution in [0.4, 0.5) is 0 Å². The zero-order valence-corrected chi connectivity index (χ0v) is 16.2. The summed E-state index contributed by atoms with van der Waals surface area (Å²) in [5.41, 5.74) is 1.24. The van der Waals surface area contributed by atoms with E-state index in [1.807, 2.05) is 32.7 Å². The molecule has 1 aromatic heterocycles. The number of amides is 2. The Morgan fingerprint density at radius 2 is 2.13 bits per heavy atom. The topological polar surface area (TPSA) is 40.6 Å². The van der Waals surface area contributed by atoms with Gasteiger partial charge in [0, 0.05) is 31.4 Å². The summed E-state index contributed by atoms with van der Waals surface area (Å²) >= 11 is 3.42. The van der Waals surface area contributed by atoms with E-state index in [0.717, 1.165) is 0 Å². The summed E-state index contributed by atoms with van der Waals surface area (Å²) in [5.74, 6) is 0.684. The van der Waals surface area contributed by atoms with Crippen molar-refractivity contribution >= 4 is 34.9 Å². The molecule has 1 aromatic rings. The SMILES string of the molecule is Cc1ccsc1[C@H]1S[C@@H](C)C(=O)N1CCN(C)C(=O)CC(C)C. The summed E-state index contributed by atoms with van der Waals surface area (Å²) in [6, 6.07) is 2.10. The van der Waals surface area contributed by atoms with Crippen LogP contribution in [0.1, 0.15) is 43.0 Å². The molecule has 0 bridgehead atoms. The van der Waals surface area contributed by atoms with Crippen molar-refractivity contribution in [1.29, 1.82) is 0 Å². The molecule has 2 atom stereocenters. The number of likely N-dealkylation sites (N-methyl/N-ethyl adjacent to an activating group) is 1. The van der Waals surface area contributed by atoms with Gasteiger partial charge in [0.05, 0.1) is 5.25 Å². The van der Waals surface area contributed by atoms with Crippen LogP contribution >= 0.6 is 23.1 Å². The quantitative estimate of drug-likeness (QED) is 0.785. The van der Waals surface area contributed by atoms with E-state index < -0.39 is 0 Å². The second kappa shape index (κ2) is 7.71. The molecule has 1 fully saturated rings. The number of nitrogens with zero attached hydrogens (tertiary/aromatic N) is 2. The third kappa shape index (κ3) is 4.29. The van der Waals surface area contributed by atoms with E-state index in [1.54, 1.807) is 28.0 Å². The van der Waals surface area contributed by atoms with Gasteiger partial charge in [-0.05, 0) is 36.8 Å². The molecule has 0 aliphatic carbocycles. The van der Waals surface area contributed by atoms with Gasteiger partial charge in [0.25, 0.3) is 0 Å². The van der Waals surface area contributed by atoms with Gasteiger partial charge in [-0.3, -0.25) is 9.59 Å². The number of hydrogen-bond acceptors (Lipinski definition) is 4. The number of rotatable bonds is 6. The lowest BCUT2D eigenvalue weighted by Crippen LogP contribution is -2.39. The molecule has 2 amide bonds. The molecule has 0 saturated carbocycles. The van der Waals surface area contributed by atoms with Crippen molar-refractivity contribution in [2.45, 2.75) is 44.7 Å². The Bertz CT molecular complexity index is 571. The minimum Gasteiger partial charge on any atom is -0.344 e. The van der Waals surface area contributed by atoms with Crippen molar-refractivity contribution in [3.8, 4) is 0 Å². The molecule has 2 rings (SSSR count). The van der Waals surface area contributed by atoms with E-state index in [2.05, 4.69) is 18.4 Å². The molecule has 128 valence electrons. The Labute approximate surface area is 147 Å². The Morgan fingerprint density at radius 3 is 2.70 bits per heavy atom. The summed E-state index contributed by atoms with van der Waals surface area (Å²) < 4.78 is 0. The van der Waals surface area contributed by atoms with E-state index >= 15 is 0 Å². The second-order valence-corrected chi connectivity index (χ2v) is 8.92. The van der Waals surface area contributed by atoms with Crippen LogP contribution in [0.15, 0.2) is 11.4 Å². The average molecular weight is 355 g/mol. The fourth-order valence-electron chi connectivity index (χ4n) is 2.63. The fourth-order valence-corrected chi connectivity index (χ4v) is 5.18. The molecule has 1 saturated heterocycles. The third-order valence-electron chi connectivity index (χ3n) is 4.06. The number of carbonyl (C=O) groups excluding carboxylic acids is 2. The lowest BCUT2D eigenvalue weighted by atomic mass is 10.1. The molecule has 4 nitrogen and oxygen atoms in total. The molecule has 0 aromatic carbocycles. The van der Waals surface area contributed by atoms with Crippen LogP contribution in [-0.4, -0.2) is 47.0 Å². The average Bonchev–Trinajstić information content (AvgIpc) is 3.01. The zero-order valence-electron chi connectivity index (χ0n) is 14.5. The third-order valence-corrected chi connectivity index (χ3v) is 6.64. The highest BCUT2D eigenvalue weighted by molar-refractivity contribution is 8.01. The number of thioether (sulfide) groups is 1. The first kappa shape index (κ1) is 18.3. The first-order chi connectivity index (χ1) is 10.8. The van der Waals surface area contributed by atoms with Crippen LogP contribution in [0.5, 0.6) is 0 Å². The van der Waals surface area contributed by atoms with E-state index in [0.29, 0.717) is 25.4 Å². The second-order valence-electron chi connectivity index (χ2n) is 6.54. The van der Waals surface area contributed by atoms with Crippen LogP contribution in [0.3, 0.4) is 0 Å². The van der Waals surface area contributed by atoms with Crippen molar-refractivity contribution in [1.82, 2.24) is 9.80 Å². The van der Waals surface area contributed by atoms with Gasteiger partial charge in [-0.2, -0.15) is 0 Å². The van der Waals surface area contributed by atoms with Crippen molar-refractivity contribution < 1.29 is 9.59 Å². The van der Waals surface area contributed by atoms with Gasteiger partial charge in [0.1, 0.15) is 5.37 Å². The largest absolute Gasteiger partial charge is 0.344 e. The van der Waals surface area contributed by atoms with E-state index in [-0.39, 0.29) is 22.4 Å². The van der Waals surface area contributed by atoms with Gasteiger partial charge in [0.15, 0.2) is 0 Å². The van der Waals surface area contributed by atoms with Crippen LogP contribution in [0.25, 0.3) is 0 Å². The Morgan fingerprint density at radius 1 is 1.43 bits per heavy atom. The molecule has 0 unspecified atom stereocenters. The molecular weight excluding hydrogens is 328 g/mol. The summed E-state index contributed by atoms with van der Waals surface area (Å²) in [7, 11) is 1.83. The molecule has 23 heavy (non-hydrogen) atoms. The number of hydrogen-bond donors (Lipinski definition) is 0. The summed E-state index contributed by atoms with van der Waals surface area (Å²) in [6.45, 7) is 9.34. The van der Waals surface area contributed by atoms with E-state index in [1.165, 1.54) is 10.4 Å². The van der Waals surface area contributed by atoms with Gasteiger partial charge in [-0.15, -0.1) is 23.1 Å². The van der Waals surface area contributed by atoms with Crippen LogP contribution in [-0.2, 0) is 9.59 Å². The smallest absolute Gasteiger partial charge is 0.236 e. The van der Waals surface area contributed by atoms with Crippen molar-refractivity contribution in [2.24, 2.45) is 5.92 Å². The summed E-state index contributed by atoms with van der Waals surface area (Å²) in [6.07, 6.45) is 0.559. The maximum Gasteiger partial charge on any atom is 0.236 e. The van der Waals surface area contributed by atoms with E-state index in [9.17, 15) is 9.59 Å². The lowest BCUT2D eigenvalue weighted by molar-refractivity contribution is -0.134. The molecule has 6 heteroatoms. The highest BCUT2D eigenvalue weighted by Crippen LogP contribution is 2.45.